The van der Waals surface area contributed by atoms with Gasteiger partial charge in [0.05, 0.1) is 12.1 Å². The van der Waals surface area contributed by atoms with Crippen molar-refractivity contribution in [3.8, 4) is 11.5 Å². The standard InChI is InChI=1S/C28H25FN2O4/c1-2-34-30-27(21-7-6-10-25(16-21)35-24-8-4-3-5-9-24)19-31-17-22(26(18-31)28(32)33)15-20-11-13-23(29)14-12-20/h3-14,16-18H,2,15,19H2,1H3,(H,32,33)/b30-27+. The Kier molecular flexibility index (Phi) is 7.57. The molecule has 1 heterocycles. The van der Waals surface area contributed by atoms with Crippen LogP contribution in [0.5, 0.6) is 11.5 Å². The summed E-state index contributed by atoms with van der Waals surface area (Å²) in [5.74, 6) is 0.00553. The van der Waals surface area contributed by atoms with E-state index in [1.807, 2.05) is 61.5 Å². The van der Waals surface area contributed by atoms with Crippen molar-refractivity contribution in [3.63, 3.8) is 0 Å². The third kappa shape index (κ3) is 6.35. The Balaban J connectivity index is 1.60. The van der Waals surface area contributed by atoms with Crippen LogP contribution in [0.15, 0.2) is 96.4 Å². The highest BCUT2D eigenvalue weighted by Gasteiger charge is 2.16. The van der Waals surface area contributed by atoms with Crippen LogP contribution in [-0.4, -0.2) is 28.0 Å². The van der Waals surface area contributed by atoms with Crippen LogP contribution in [0.1, 0.15) is 34.0 Å². The number of aromatic nitrogens is 1. The summed E-state index contributed by atoms with van der Waals surface area (Å²) in [6.07, 6.45) is 3.72. The van der Waals surface area contributed by atoms with Gasteiger partial charge in [-0.25, -0.2) is 9.18 Å². The minimum Gasteiger partial charge on any atom is -0.478 e. The normalized spacial score (nSPS) is 11.3. The molecule has 0 aliphatic carbocycles. The second kappa shape index (κ2) is 11.2. The summed E-state index contributed by atoms with van der Waals surface area (Å²) in [4.78, 5) is 17.2. The Morgan fingerprint density at radius 3 is 2.43 bits per heavy atom. The summed E-state index contributed by atoms with van der Waals surface area (Å²) in [5.41, 5.74) is 3.04. The number of hydrogen-bond acceptors (Lipinski definition) is 4. The number of carboxylic acids is 1. The zero-order valence-corrected chi connectivity index (χ0v) is 19.2. The lowest BCUT2D eigenvalue weighted by Crippen LogP contribution is -2.11. The number of ether oxygens (including phenoxy) is 1. The first-order valence-electron chi connectivity index (χ1n) is 11.2. The summed E-state index contributed by atoms with van der Waals surface area (Å²) in [7, 11) is 0. The van der Waals surface area contributed by atoms with Crippen LogP contribution >= 0.6 is 0 Å². The van der Waals surface area contributed by atoms with Crippen molar-refractivity contribution < 1.29 is 23.9 Å². The third-order valence-electron chi connectivity index (χ3n) is 5.28. The molecule has 1 aromatic heterocycles. The van der Waals surface area contributed by atoms with Gasteiger partial charge in [0.2, 0.25) is 0 Å². The van der Waals surface area contributed by atoms with Gasteiger partial charge in [-0.05, 0) is 60.9 Å². The first kappa shape index (κ1) is 23.8. The van der Waals surface area contributed by atoms with Crippen LogP contribution in [0.4, 0.5) is 4.39 Å². The van der Waals surface area contributed by atoms with Crippen LogP contribution in [0, 0.1) is 5.82 Å². The Morgan fingerprint density at radius 2 is 1.71 bits per heavy atom. The molecule has 0 bridgehead atoms. The van der Waals surface area contributed by atoms with Gasteiger partial charge in [0, 0.05) is 18.0 Å². The second-order valence-electron chi connectivity index (χ2n) is 7.88. The molecule has 6 nitrogen and oxygen atoms in total. The van der Waals surface area contributed by atoms with Gasteiger partial charge in [0.1, 0.15) is 29.6 Å². The lowest BCUT2D eigenvalue weighted by Gasteiger charge is -2.11. The van der Waals surface area contributed by atoms with Gasteiger partial charge in [-0.3, -0.25) is 0 Å². The van der Waals surface area contributed by atoms with Crippen molar-refractivity contribution in [1.82, 2.24) is 4.57 Å². The predicted molar refractivity (Wildman–Crippen MR) is 132 cm³/mol. The molecule has 3 aromatic carbocycles. The van der Waals surface area contributed by atoms with Crippen LogP contribution in [0.25, 0.3) is 0 Å². The molecule has 178 valence electrons. The molecular formula is C28H25FN2O4. The molecule has 0 radical (unpaired) electrons. The number of oxime groups is 1. The zero-order chi connectivity index (χ0) is 24.6. The predicted octanol–water partition coefficient (Wildman–Crippen LogP) is 6.15. The van der Waals surface area contributed by atoms with Crippen molar-refractivity contribution in [2.24, 2.45) is 5.16 Å². The van der Waals surface area contributed by atoms with E-state index in [-0.39, 0.29) is 11.4 Å². The highest BCUT2D eigenvalue weighted by molar-refractivity contribution is 6.00. The molecule has 0 saturated carbocycles. The number of nitrogens with zero attached hydrogens (tertiary/aromatic N) is 2. The van der Waals surface area contributed by atoms with E-state index in [4.69, 9.17) is 9.57 Å². The largest absolute Gasteiger partial charge is 0.478 e. The van der Waals surface area contributed by atoms with Gasteiger partial charge in [-0.1, -0.05) is 47.6 Å². The molecule has 7 heteroatoms. The zero-order valence-electron chi connectivity index (χ0n) is 19.2. The molecule has 0 saturated heterocycles. The maximum atomic E-state index is 13.3. The highest BCUT2D eigenvalue weighted by atomic mass is 19.1. The summed E-state index contributed by atoms with van der Waals surface area (Å²) < 4.78 is 21.0. The average Bonchev–Trinajstić information content (AvgIpc) is 3.26. The summed E-state index contributed by atoms with van der Waals surface area (Å²) >= 11 is 0. The molecular weight excluding hydrogens is 447 g/mol. The molecule has 0 fully saturated rings. The lowest BCUT2D eigenvalue weighted by molar-refractivity contribution is 0.0696. The van der Waals surface area contributed by atoms with Crippen molar-refractivity contribution in [1.29, 1.82) is 0 Å². The van der Waals surface area contributed by atoms with E-state index >= 15 is 0 Å². The van der Waals surface area contributed by atoms with Crippen LogP contribution in [-0.2, 0) is 17.8 Å². The van der Waals surface area contributed by atoms with Crippen LogP contribution in [0.2, 0.25) is 0 Å². The van der Waals surface area contributed by atoms with Gasteiger partial charge >= 0.3 is 5.97 Å². The molecule has 0 spiro atoms. The number of carboxylic acid groups (broad SMARTS) is 1. The van der Waals surface area contributed by atoms with E-state index in [1.165, 1.54) is 12.1 Å². The molecule has 4 aromatic rings. The number of rotatable bonds is 10. The Bertz CT molecular complexity index is 1310. The Labute approximate surface area is 202 Å². The number of carbonyl (C=O) groups is 1. The van der Waals surface area contributed by atoms with Gasteiger partial charge < -0.3 is 19.2 Å². The smallest absolute Gasteiger partial charge is 0.337 e. The van der Waals surface area contributed by atoms with Crippen LogP contribution in [0.3, 0.4) is 0 Å². The van der Waals surface area contributed by atoms with E-state index in [9.17, 15) is 14.3 Å². The molecule has 35 heavy (non-hydrogen) atoms. The summed E-state index contributed by atoms with van der Waals surface area (Å²) in [6, 6.07) is 23.0. The molecule has 0 aliphatic rings. The molecule has 0 amide bonds. The van der Waals surface area contributed by atoms with Crippen molar-refractivity contribution >= 4 is 11.7 Å². The Hall–Kier alpha value is -4.39. The third-order valence-corrected chi connectivity index (χ3v) is 5.28. The average molecular weight is 473 g/mol. The fourth-order valence-electron chi connectivity index (χ4n) is 3.65. The van der Waals surface area contributed by atoms with Gasteiger partial charge in [-0.15, -0.1) is 0 Å². The lowest BCUT2D eigenvalue weighted by atomic mass is 10.0. The van der Waals surface area contributed by atoms with Gasteiger partial charge in [0.25, 0.3) is 0 Å². The van der Waals surface area contributed by atoms with E-state index in [2.05, 4.69) is 5.16 Å². The van der Waals surface area contributed by atoms with E-state index in [0.717, 1.165) is 16.9 Å². The number of hydrogen-bond donors (Lipinski definition) is 1. The SMILES string of the molecule is CCO/N=C(\Cn1cc(Cc2ccc(F)cc2)c(C(=O)O)c1)c1cccc(Oc2ccccc2)c1. The summed E-state index contributed by atoms with van der Waals surface area (Å²) in [6.45, 7) is 2.53. The maximum absolute atomic E-state index is 13.3. The summed E-state index contributed by atoms with van der Waals surface area (Å²) in [5, 5.41) is 14.0. The first-order chi connectivity index (χ1) is 17.0. The molecule has 1 N–H and O–H groups in total. The number of halogens is 1. The van der Waals surface area contributed by atoms with E-state index in [1.54, 1.807) is 29.1 Å². The minimum atomic E-state index is -1.03. The van der Waals surface area contributed by atoms with Gasteiger partial charge in [0.15, 0.2) is 0 Å². The number of benzene rings is 3. The maximum Gasteiger partial charge on any atom is 0.337 e. The van der Waals surface area contributed by atoms with Gasteiger partial charge in [-0.2, -0.15) is 0 Å². The van der Waals surface area contributed by atoms with Crippen molar-refractivity contribution in [3.05, 3.63) is 119 Å². The second-order valence-corrected chi connectivity index (χ2v) is 7.88. The van der Waals surface area contributed by atoms with E-state index < -0.39 is 5.97 Å². The molecule has 0 atom stereocenters. The topological polar surface area (TPSA) is 73.1 Å². The molecule has 0 unspecified atom stereocenters. The van der Waals surface area contributed by atoms with Crippen molar-refractivity contribution in [2.45, 2.75) is 19.9 Å². The highest BCUT2D eigenvalue weighted by Crippen LogP contribution is 2.23. The monoisotopic (exact) mass is 472 g/mol. The number of para-hydroxylation sites is 1. The molecule has 4 rings (SSSR count). The quantitative estimate of drug-likeness (QED) is 0.222. The fourth-order valence-corrected chi connectivity index (χ4v) is 3.65. The minimum absolute atomic E-state index is 0.186. The van der Waals surface area contributed by atoms with Crippen molar-refractivity contribution in [2.75, 3.05) is 6.61 Å². The fraction of sp³-hybridized carbons (Fsp3) is 0.143. The first-order valence-corrected chi connectivity index (χ1v) is 11.2. The Morgan fingerprint density at radius 1 is 0.971 bits per heavy atom. The molecule has 0 aliphatic heterocycles. The van der Waals surface area contributed by atoms with E-state index in [0.29, 0.717) is 36.6 Å². The van der Waals surface area contributed by atoms with Crippen LogP contribution < -0.4 is 4.74 Å². The number of aromatic carboxylic acids is 1.